The Kier molecular flexibility index (Phi) is 4.54. The maximum Gasteiger partial charge on any atom is -0.0210 e. The van der Waals surface area contributed by atoms with Crippen molar-refractivity contribution >= 4 is 6.08 Å². The highest BCUT2D eigenvalue weighted by molar-refractivity contribution is 5.50. The molecule has 0 N–H and O–H groups in total. The van der Waals surface area contributed by atoms with Crippen molar-refractivity contribution in [2.45, 2.75) is 27.7 Å². The van der Waals surface area contributed by atoms with Crippen molar-refractivity contribution in [3.63, 3.8) is 0 Å². The Morgan fingerprint density at radius 2 is 1.62 bits per heavy atom. The zero-order valence-corrected chi connectivity index (χ0v) is 10.8. The second kappa shape index (κ2) is 5.69. The van der Waals surface area contributed by atoms with Crippen molar-refractivity contribution in [1.29, 1.82) is 0 Å². The zero-order chi connectivity index (χ0) is 12.0. The fourth-order valence-corrected chi connectivity index (χ4v) is 1.25. The summed E-state index contributed by atoms with van der Waals surface area (Å²) in [5.74, 6) is 0.591. The first-order valence-electron chi connectivity index (χ1n) is 5.90. The molecule has 0 heterocycles. The lowest BCUT2D eigenvalue weighted by Gasteiger charge is -2.23. The van der Waals surface area contributed by atoms with Crippen LogP contribution in [0.15, 0.2) is 48.6 Å². The molecule has 1 rings (SSSR count). The summed E-state index contributed by atoms with van der Waals surface area (Å²) in [6.45, 7) is 9.06. The molecule has 0 bridgehead atoms. The minimum Gasteiger partial charge on any atom is -0.0812 e. The van der Waals surface area contributed by atoms with Crippen LogP contribution in [0.2, 0.25) is 0 Å². The van der Waals surface area contributed by atoms with E-state index in [4.69, 9.17) is 0 Å². The zero-order valence-electron chi connectivity index (χ0n) is 10.8. The first-order valence-corrected chi connectivity index (χ1v) is 5.90. The van der Waals surface area contributed by atoms with Gasteiger partial charge in [0.15, 0.2) is 0 Å². The minimum absolute atomic E-state index is 0.344. The molecule has 1 aromatic carbocycles. The third kappa shape index (κ3) is 4.48. The van der Waals surface area contributed by atoms with Crippen molar-refractivity contribution < 1.29 is 0 Å². The standard InChI is InChI=1S/C16H22/c1-14(16(2,3)4)10-8-9-13-15-11-6-5-7-12-15/h5-14H,1-4H3/b10-8+,13-9+. The molecule has 0 saturated heterocycles. The highest BCUT2D eigenvalue weighted by Crippen LogP contribution is 2.26. The van der Waals surface area contributed by atoms with Crippen molar-refractivity contribution in [2.75, 3.05) is 0 Å². The molecule has 0 saturated carbocycles. The van der Waals surface area contributed by atoms with Gasteiger partial charge in [-0.3, -0.25) is 0 Å². The van der Waals surface area contributed by atoms with Crippen molar-refractivity contribution in [3.05, 3.63) is 54.1 Å². The fraction of sp³-hybridized carbons (Fsp3) is 0.375. The third-order valence-electron chi connectivity index (χ3n) is 2.97. The Morgan fingerprint density at radius 3 is 2.19 bits per heavy atom. The molecule has 0 aliphatic heterocycles. The van der Waals surface area contributed by atoms with Crippen LogP contribution in [0.25, 0.3) is 6.08 Å². The largest absolute Gasteiger partial charge is 0.0812 e. The summed E-state index contributed by atoms with van der Waals surface area (Å²) in [6, 6.07) is 10.4. The number of allylic oxidation sites excluding steroid dienone is 3. The molecule has 0 fully saturated rings. The normalized spacial score (nSPS) is 14.8. The number of hydrogen-bond acceptors (Lipinski definition) is 0. The highest BCUT2D eigenvalue weighted by atomic mass is 14.2. The molecular weight excluding hydrogens is 192 g/mol. The van der Waals surface area contributed by atoms with Gasteiger partial charge in [0.25, 0.3) is 0 Å². The van der Waals surface area contributed by atoms with Gasteiger partial charge in [-0.25, -0.2) is 0 Å². The second-order valence-electron chi connectivity index (χ2n) is 5.31. The van der Waals surface area contributed by atoms with Crippen LogP contribution in [0.4, 0.5) is 0 Å². The van der Waals surface area contributed by atoms with E-state index in [0.717, 1.165) is 0 Å². The first-order chi connectivity index (χ1) is 7.50. The van der Waals surface area contributed by atoms with Gasteiger partial charge in [0.2, 0.25) is 0 Å². The predicted octanol–water partition coefficient (Wildman–Crippen LogP) is 4.94. The molecule has 1 atom stereocenters. The van der Waals surface area contributed by atoms with Gasteiger partial charge in [-0.2, -0.15) is 0 Å². The predicted molar refractivity (Wildman–Crippen MR) is 73.2 cm³/mol. The van der Waals surface area contributed by atoms with Gasteiger partial charge < -0.3 is 0 Å². The highest BCUT2D eigenvalue weighted by Gasteiger charge is 2.16. The van der Waals surface area contributed by atoms with Gasteiger partial charge >= 0.3 is 0 Å². The molecular formula is C16H22. The molecule has 0 radical (unpaired) electrons. The minimum atomic E-state index is 0.344. The summed E-state index contributed by atoms with van der Waals surface area (Å²) in [7, 11) is 0. The van der Waals surface area contributed by atoms with Gasteiger partial charge in [0.1, 0.15) is 0 Å². The summed E-state index contributed by atoms with van der Waals surface area (Å²) in [4.78, 5) is 0. The van der Waals surface area contributed by atoms with E-state index in [2.05, 4.69) is 76.3 Å². The van der Waals surface area contributed by atoms with Crippen LogP contribution in [0, 0.1) is 11.3 Å². The van der Waals surface area contributed by atoms with Gasteiger partial charge in [-0.1, -0.05) is 82.3 Å². The maximum atomic E-state index is 2.27. The van der Waals surface area contributed by atoms with E-state index < -0.39 is 0 Å². The molecule has 0 aliphatic carbocycles. The molecule has 16 heavy (non-hydrogen) atoms. The molecule has 0 heteroatoms. The van der Waals surface area contributed by atoms with Crippen molar-refractivity contribution in [1.82, 2.24) is 0 Å². The fourth-order valence-electron chi connectivity index (χ4n) is 1.25. The maximum absolute atomic E-state index is 2.27. The SMILES string of the molecule is CC(/C=C/C=C/c1ccccc1)C(C)(C)C. The van der Waals surface area contributed by atoms with Gasteiger partial charge in [0.05, 0.1) is 0 Å². The molecule has 0 spiro atoms. The van der Waals surface area contributed by atoms with Crippen LogP contribution < -0.4 is 0 Å². The molecule has 86 valence electrons. The van der Waals surface area contributed by atoms with Crippen molar-refractivity contribution in [2.24, 2.45) is 11.3 Å². The summed E-state index contributed by atoms with van der Waals surface area (Å²) in [6.07, 6.45) is 8.64. The van der Waals surface area contributed by atoms with Crippen LogP contribution in [0.1, 0.15) is 33.3 Å². The number of rotatable bonds is 3. The lowest BCUT2D eigenvalue weighted by molar-refractivity contribution is 0.314. The summed E-state index contributed by atoms with van der Waals surface area (Å²) in [5, 5.41) is 0. The number of benzene rings is 1. The topological polar surface area (TPSA) is 0 Å². The van der Waals surface area contributed by atoms with Gasteiger partial charge in [-0.05, 0) is 16.9 Å². The van der Waals surface area contributed by atoms with Crippen LogP contribution in [0.5, 0.6) is 0 Å². The van der Waals surface area contributed by atoms with Gasteiger partial charge in [-0.15, -0.1) is 0 Å². The van der Waals surface area contributed by atoms with Crippen LogP contribution in [-0.2, 0) is 0 Å². The Bertz CT molecular complexity index is 349. The van der Waals surface area contributed by atoms with E-state index in [1.165, 1.54) is 5.56 Å². The summed E-state index contributed by atoms with van der Waals surface area (Å²) in [5.41, 5.74) is 1.59. The van der Waals surface area contributed by atoms with E-state index in [1.54, 1.807) is 0 Å². The molecule has 0 aromatic heterocycles. The first kappa shape index (κ1) is 12.8. The monoisotopic (exact) mass is 214 g/mol. The van der Waals surface area contributed by atoms with Crippen LogP contribution in [0.3, 0.4) is 0 Å². The van der Waals surface area contributed by atoms with E-state index in [9.17, 15) is 0 Å². The Hall–Kier alpha value is -1.30. The Morgan fingerprint density at radius 1 is 1.00 bits per heavy atom. The summed E-state index contributed by atoms with van der Waals surface area (Å²) < 4.78 is 0. The van der Waals surface area contributed by atoms with Crippen molar-refractivity contribution in [3.8, 4) is 0 Å². The van der Waals surface area contributed by atoms with E-state index in [-0.39, 0.29) is 0 Å². The lowest BCUT2D eigenvalue weighted by atomic mass is 9.82. The van der Waals surface area contributed by atoms with Gasteiger partial charge in [0, 0.05) is 0 Å². The lowest BCUT2D eigenvalue weighted by Crippen LogP contribution is -2.14. The van der Waals surface area contributed by atoms with E-state index in [0.29, 0.717) is 11.3 Å². The van der Waals surface area contributed by atoms with E-state index >= 15 is 0 Å². The van der Waals surface area contributed by atoms with E-state index in [1.807, 2.05) is 6.07 Å². The quantitative estimate of drug-likeness (QED) is 0.625. The molecule has 0 nitrogen and oxygen atoms in total. The number of hydrogen-bond donors (Lipinski definition) is 0. The summed E-state index contributed by atoms with van der Waals surface area (Å²) >= 11 is 0. The van der Waals surface area contributed by atoms with Crippen LogP contribution >= 0.6 is 0 Å². The molecule has 0 aliphatic rings. The van der Waals surface area contributed by atoms with Crippen LogP contribution in [-0.4, -0.2) is 0 Å². The average Bonchev–Trinajstić information content (AvgIpc) is 2.24. The third-order valence-corrected chi connectivity index (χ3v) is 2.97. The average molecular weight is 214 g/mol. The second-order valence-corrected chi connectivity index (χ2v) is 5.31. The smallest absolute Gasteiger partial charge is 0.0210 e. The Balaban J connectivity index is 2.52. The Labute approximate surface area is 99.7 Å². The molecule has 0 amide bonds. The molecule has 1 aromatic rings. The molecule has 1 unspecified atom stereocenters.